The van der Waals surface area contributed by atoms with E-state index in [9.17, 15) is 4.79 Å². The molecule has 0 aliphatic carbocycles. The van der Waals surface area contributed by atoms with Crippen molar-refractivity contribution in [1.29, 1.82) is 0 Å². The Balaban J connectivity index is 2.01. The molecule has 14 heavy (non-hydrogen) atoms. The van der Waals surface area contributed by atoms with E-state index in [-0.39, 0.29) is 5.91 Å². The van der Waals surface area contributed by atoms with Crippen molar-refractivity contribution < 1.29 is 4.79 Å². The van der Waals surface area contributed by atoms with Crippen molar-refractivity contribution >= 4 is 5.91 Å². The van der Waals surface area contributed by atoms with Gasteiger partial charge in [-0.3, -0.25) is 9.69 Å². The fourth-order valence-corrected chi connectivity index (χ4v) is 2.27. The van der Waals surface area contributed by atoms with Crippen molar-refractivity contribution in [2.24, 2.45) is 0 Å². The normalized spacial score (nSPS) is 23.4. The third-order valence-corrected chi connectivity index (χ3v) is 3.00. The first-order valence-electron chi connectivity index (χ1n) is 5.52. The van der Waals surface area contributed by atoms with E-state index in [1.807, 2.05) is 0 Å². The molecule has 1 N–H and O–H groups in total. The van der Waals surface area contributed by atoms with Crippen molar-refractivity contribution in [2.45, 2.75) is 32.6 Å². The summed E-state index contributed by atoms with van der Waals surface area (Å²) in [7, 11) is 0. The third-order valence-electron chi connectivity index (χ3n) is 3.00. The Morgan fingerprint density at radius 1 is 1.36 bits per heavy atom. The Morgan fingerprint density at radius 3 is 3.00 bits per heavy atom. The Morgan fingerprint density at radius 2 is 2.21 bits per heavy atom. The van der Waals surface area contributed by atoms with E-state index in [0.29, 0.717) is 6.42 Å². The van der Waals surface area contributed by atoms with Gasteiger partial charge in [-0.2, -0.15) is 0 Å². The van der Waals surface area contributed by atoms with Crippen LogP contribution in [-0.2, 0) is 4.79 Å². The lowest BCUT2D eigenvalue weighted by molar-refractivity contribution is -0.120. The molecule has 0 aromatic heterocycles. The lowest BCUT2D eigenvalue weighted by Gasteiger charge is -2.33. The quantitative estimate of drug-likeness (QED) is 0.718. The van der Waals surface area contributed by atoms with E-state index < -0.39 is 0 Å². The third kappa shape index (κ3) is 1.98. The van der Waals surface area contributed by atoms with Gasteiger partial charge in [0.05, 0.1) is 0 Å². The minimum Gasteiger partial charge on any atom is -0.330 e. The molecular formula is C11H18N2O. The maximum atomic E-state index is 11.2. The minimum absolute atomic E-state index is 0.202. The summed E-state index contributed by atoms with van der Waals surface area (Å²) in [5, 5.41) is 2.99. The molecule has 2 aliphatic rings. The Bertz CT molecular complexity index is 270. The summed E-state index contributed by atoms with van der Waals surface area (Å²) in [6.45, 7) is 5.58. The lowest BCUT2D eigenvalue weighted by Crippen LogP contribution is -2.39. The van der Waals surface area contributed by atoms with E-state index in [4.69, 9.17) is 0 Å². The van der Waals surface area contributed by atoms with Crippen LogP contribution in [0, 0.1) is 0 Å². The van der Waals surface area contributed by atoms with Gasteiger partial charge in [0.25, 0.3) is 0 Å². The Labute approximate surface area is 85.2 Å². The molecule has 0 bridgehead atoms. The summed E-state index contributed by atoms with van der Waals surface area (Å²) in [5.74, 6) is 0.202. The highest BCUT2D eigenvalue weighted by Crippen LogP contribution is 2.23. The number of nitrogens with one attached hydrogen (secondary N) is 1. The van der Waals surface area contributed by atoms with Gasteiger partial charge in [-0.25, -0.2) is 0 Å². The molecule has 2 heterocycles. The zero-order chi connectivity index (χ0) is 9.97. The molecule has 0 aromatic rings. The highest BCUT2D eigenvalue weighted by Gasteiger charge is 2.23. The number of amides is 1. The molecule has 0 radical (unpaired) electrons. The second-order valence-corrected chi connectivity index (χ2v) is 4.16. The molecule has 0 atom stereocenters. The van der Waals surface area contributed by atoms with Gasteiger partial charge in [-0.15, -0.1) is 0 Å². The maximum Gasteiger partial charge on any atom is 0.224 e. The van der Waals surface area contributed by atoms with E-state index in [1.54, 1.807) is 0 Å². The Hall–Kier alpha value is -0.830. The second-order valence-electron chi connectivity index (χ2n) is 4.16. The second kappa shape index (κ2) is 4.13. The smallest absolute Gasteiger partial charge is 0.224 e. The molecular weight excluding hydrogens is 176 g/mol. The van der Waals surface area contributed by atoms with Crippen LogP contribution >= 0.6 is 0 Å². The predicted molar refractivity (Wildman–Crippen MR) is 55.8 cm³/mol. The largest absolute Gasteiger partial charge is 0.330 e. The molecule has 0 saturated heterocycles. The van der Waals surface area contributed by atoms with E-state index in [0.717, 1.165) is 25.9 Å². The molecule has 1 amide bonds. The monoisotopic (exact) mass is 194 g/mol. The highest BCUT2D eigenvalue weighted by atomic mass is 16.1. The van der Waals surface area contributed by atoms with Gasteiger partial charge in [0.1, 0.15) is 0 Å². The number of nitrogens with zero attached hydrogens (tertiary/aromatic N) is 1. The summed E-state index contributed by atoms with van der Waals surface area (Å²) in [6.07, 6.45) is 3.90. The number of rotatable bonds is 2. The number of carbonyl (C=O) groups excluding carboxylic acids is 1. The van der Waals surface area contributed by atoms with Gasteiger partial charge in [-0.1, -0.05) is 6.92 Å². The molecule has 78 valence electrons. The maximum absolute atomic E-state index is 11.2. The summed E-state index contributed by atoms with van der Waals surface area (Å²) in [6, 6.07) is 0. The van der Waals surface area contributed by atoms with Crippen LogP contribution in [0.15, 0.2) is 11.3 Å². The average Bonchev–Trinajstić information content (AvgIpc) is 2.19. The van der Waals surface area contributed by atoms with Gasteiger partial charge in [-0.05, 0) is 25.0 Å². The average molecular weight is 194 g/mol. The van der Waals surface area contributed by atoms with Crippen LogP contribution in [0.25, 0.3) is 0 Å². The lowest BCUT2D eigenvalue weighted by atomic mass is 9.97. The number of hydrogen-bond donors (Lipinski definition) is 1. The number of carbonyl (C=O) groups is 1. The molecule has 3 nitrogen and oxygen atoms in total. The fraction of sp³-hybridized carbons (Fsp3) is 0.727. The van der Waals surface area contributed by atoms with Crippen LogP contribution in [-0.4, -0.2) is 30.4 Å². The van der Waals surface area contributed by atoms with Crippen molar-refractivity contribution in [3.8, 4) is 0 Å². The molecule has 0 unspecified atom stereocenters. The van der Waals surface area contributed by atoms with Crippen LogP contribution in [0.3, 0.4) is 0 Å². The van der Waals surface area contributed by atoms with Gasteiger partial charge < -0.3 is 5.32 Å². The van der Waals surface area contributed by atoms with E-state index in [2.05, 4.69) is 17.1 Å². The fourth-order valence-electron chi connectivity index (χ4n) is 2.27. The van der Waals surface area contributed by atoms with Gasteiger partial charge in [0, 0.05) is 31.6 Å². The molecule has 2 rings (SSSR count). The van der Waals surface area contributed by atoms with Crippen LogP contribution < -0.4 is 5.32 Å². The number of hydrogen-bond acceptors (Lipinski definition) is 2. The van der Waals surface area contributed by atoms with Crippen LogP contribution in [0.2, 0.25) is 0 Å². The Kier molecular flexibility index (Phi) is 2.87. The molecule has 0 saturated carbocycles. The van der Waals surface area contributed by atoms with Crippen molar-refractivity contribution in [3.05, 3.63) is 11.3 Å². The van der Waals surface area contributed by atoms with Crippen molar-refractivity contribution in [2.75, 3.05) is 19.6 Å². The highest BCUT2D eigenvalue weighted by molar-refractivity contribution is 5.79. The summed E-state index contributed by atoms with van der Waals surface area (Å²) < 4.78 is 0. The zero-order valence-electron chi connectivity index (χ0n) is 8.81. The van der Waals surface area contributed by atoms with E-state index in [1.165, 1.54) is 24.2 Å². The molecule has 2 aliphatic heterocycles. The first-order chi connectivity index (χ1) is 6.79. The van der Waals surface area contributed by atoms with Gasteiger partial charge in [0.15, 0.2) is 0 Å². The van der Waals surface area contributed by atoms with Crippen molar-refractivity contribution in [3.63, 3.8) is 0 Å². The molecule has 0 spiro atoms. The SMILES string of the molecule is CCCN1CCC2=C(CCC(=O)N2)C1. The standard InChI is InChI=1S/C11H18N2O/c1-2-6-13-7-5-10-9(8-13)3-4-11(14)12-10/h2-8H2,1H3,(H,12,14). The van der Waals surface area contributed by atoms with Crippen LogP contribution in [0.1, 0.15) is 32.6 Å². The van der Waals surface area contributed by atoms with Gasteiger partial charge in [0.2, 0.25) is 5.91 Å². The molecule has 0 fully saturated rings. The minimum atomic E-state index is 0.202. The van der Waals surface area contributed by atoms with Gasteiger partial charge >= 0.3 is 0 Å². The van der Waals surface area contributed by atoms with E-state index >= 15 is 0 Å². The van der Waals surface area contributed by atoms with Crippen LogP contribution in [0.4, 0.5) is 0 Å². The molecule has 3 heteroatoms. The van der Waals surface area contributed by atoms with Crippen molar-refractivity contribution in [1.82, 2.24) is 10.2 Å². The first-order valence-corrected chi connectivity index (χ1v) is 5.52. The summed E-state index contributed by atoms with van der Waals surface area (Å²) in [5.41, 5.74) is 2.68. The first kappa shape index (κ1) is 9.71. The predicted octanol–water partition coefficient (Wildman–Crippen LogP) is 1.27. The summed E-state index contributed by atoms with van der Waals surface area (Å²) >= 11 is 0. The summed E-state index contributed by atoms with van der Waals surface area (Å²) in [4.78, 5) is 13.6. The molecule has 0 aromatic carbocycles. The topological polar surface area (TPSA) is 32.3 Å². The zero-order valence-corrected chi connectivity index (χ0v) is 8.81. The van der Waals surface area contributed by atoms with Crippen LogP contribution in [0.5, 0.6) is 0 Å².